The van der Waals surface area contributed by atoms with E-state index >= 15 is 0 Å². The Hall–Kier alpha value is -2.53. The van der Waals surface area contributed by atoms with Crippen LogP contribution in [0.15, 0.2) is 64.7 Å². The molecule has 3 aromatic rings. The van der Waals surface area contributed by atoms with E-state index < -0.39 is 0 Å². The normalized spacial score (nSPS) is 10.7. The molecule has 1 heterocycles. The van der Waals surface area contributed by atoms with Gasteiger partial charge in [0.1, 0.15) is 5.75 Å². The van der Waals surface area contributed by atoms with Gasteiger partial charge >= 0.3 is 0 Å². The highest BCUT2D eigenvalue weighted by molar-refractivity contribution is 7.98. The Morgan fingerprint density at radius 1 is 1.08 bits per heavy atom. The minimum atomic E-state index is -0.136. The number of hydrogen-bond donors (Lipinski definition) is 0. The van der Waals surface area contributed by atoms with Crippen LogP contribution in [0.1, 0.15) is 16.7 Å². The van der Waals surface area contributed by atoms with Crippen molar-refractivity contribution in [2.45, 2.75) is 24.6 Å². The molecular formula is C20H20N2O2S. The molecule has 0 saturated heterocycles. The summed E-state index contributed by atoms with van der Waals surface area (Å²) in [5.74, 6) is 1.37. The summed E-state index contributed by atoms with van der Waals surface area (Å²) < 4.78 is 7.00. The number of rotatable bonds is 5. The maximum absolute atomic E-state index is 12.8. The highest BCUT2D eigenvalue weighted by atomic mass is 32.2. The van der Waals surface area contributed by atoms with Gasteiger partial charge in [-0.1, -0.05) is 47.7 Å². The summed E-state index contributed by atoms with van der Waals surface area (Å²) in [6, 6.07) is 14.1. The van der Waals surface area contributed by atoms with Gasteiger partial charge < -0.3 is 4.74 Å². The summed E-state index contributed by atoms with van der Waals surface area (Å²) in [5, 5.41) is 0.478. The second kappa shape index (κ2) is 7.57. The molecule has 0 aliphatic heterocycles. The van der Waals surface area contributed by atoms with Gasteiger partial charge in [-0.2, -0.15) is 0 Å². The first-order valence-electron chi connectivity index (χ1n) is 7.99. The number of methoxy groups -OCH3 is 1. The summed E-state index contributed by atoms with van der Waals surface area (Å²) in [5.41, 5.74) is 4.05. The van der Waals surface area contributed by atoms with Crippen molar-refractivity contribution >= 4 is 11.8 Å². The fraction of sp³-hybridized carbons (Fsp3) is 0.200. The van der Waals surface area contributed by atoms with Gasteiger partial charge in [0.05, 0.1) is 12.8 Å². The fourth-order valence-electron chi connectivity index (χ4n) is 2.51. The SMILES string of the molecule is COc1ccc(C)cc1-n1ccnc(SCc2ccc(C)cc2)c1=O. The van der Waals surface area contributed by atoms with E-state index in [4.69, 9.17) is 4.74 Å². The van der Waals surface area contributed by atoms with Crippen LogP contribution in [0, 0.1) is 13.8 Å². The van der Waals surface area contributed by atoms with Crippen molar-refractivity contribution in [2.75, 3.05) is 7.11 Å². The van der Waals surface area contributed by atoms with Gasteiger partial charge in [0, 0.05) is 18.1 Å². The van der Waals surface area contributed by atoms with Gasteiger partial charge in [0.15, 0.2) is 5.03 Å². The topological polar surface area (TPSA) is 44.1 Å². The standard InChI is InChI=1S/C20H20N2O2S/c1-14-4-7-16(8-5-14)13-25-19-20(23)22(11-10-21-19)17-12-15(2)6-9-18(17)24-3/h4-12H,13H2,1-3H3. The van der Waals surface area contributed by atoms with Gasteiger partial charge in [-0.3, -0.25) is 9.36 Å². The summed E-state index contributed by atoms with van der Waals surface area (Å²) in [6.07, 6.45) is 3.33. The van der Waals surface area contributed by atoms with Crippen LogP contribution in [0.2, 0.25) is 0 Å². The summed E-state index contributed by atoms with van der Waals surface area (Å²) in [4.78, 5) is 17.1. The predicted molar refractivity (Wildman–Crippen MR) is 102 cm³/mol. The molecular weight excluding hydrogens is 332 g/mol. The van der Waals surface area contributed by atoms with Gasteiger partial charge in [-0.25, -0.2) is 4.98 Å². The lowest BCUT2D eigenvalue weighted by atomic mass is 10.2. The van der Waals surface area contributed by atoms with Crippen LogP contribution in [-0.2, 0) is 5.75 Å². The lowest BCUT2D eigenvalue weighted by Crippen LogP contribution is -2.21. The number of benzene rings is 2. The van der Waals surface area contributed by atoms with Crippen LogP contribution in [-0.4, -0.2) is 16.7 Å². The zero-order valence-electron chi connectivity index (χ0n) is 14.5. The Morgan fingerprint density at radius 2 is 1.80 bits per heavy atom. The van der Waals surface area contributed by atoms with Gasteiger partial charge in [0.25, 0.3) is 5.56 Å². The minimum Gasteiger partial charge on any atom is -0.495 e. The van der Waals surface area contributed by atoms with Crippen LogP contribution in [0.4, 0.5) is 0 Å². The molecule has 0 aliphatic rings. The van der Waals surface area contributed by atoms with Crippen molar-refractivity contribution in [3.05, 3.63) is 81.9 Å². The van der Waals surface area contributed by atoms with Crippen molar-refractivity contribution in [3.8, 4) is 11.4 Å². The monoisotopic (exact) mass is 352 g/mol. The van der Waals surface area contributed by atoms with E-state index in [0.717, 1.165) is 11.3 Å². The number of ether oxygens (including phenoxy) is 1. The first kappa shape index (κ1) is 17.3. The number of nitrogens with zero attached hydrogens (tertiary/aromatic N) is 2. The third kappa shape index (κ3) is 3.94. The molecule has 0 unspecified atom stereocenters. The third-order valence-corrected chi connectivity index (χ3v) is 4.93. The second-order valence-corrected chi connectivity index (χ2v) is 6.82. The molecule has 2 aromatic carbocycles. The van der Waals surface area contributed by atoms with E-state index in [1.807, 2.05) is 25.1 Å². The van der Waals surface area contributed by atoms with E-state index in [0.29, 0.717) is 16.5 Å². The van der Waals surface area contributed by atoms with Gasteiger partial charge in [-0.05, 0) is 37.1 Å². The van der Waals surface area contributed by atoms with Crippen LogP contribution in [0.25, 0.3) is 5.69 Å². The van der Waals surface area contributed by atoms with E-state index in [1.54, 1.807) is 24.1 Å². The van der Waals surface area contributed by atoms with Crippen LogP contribution >= 0.6 is 11.8 Å². The lowest BCUT2D eigenvalue weighted by Gasteiger charge is -2.12. The summed E-state index contributed by atoms with van der Waals surface area (Å²) in [7, 11) is 1.60. The maximum atomic E-state index is 12.8. The molecule has 4 nitrogen and oxygen atoms in total. The van der Waals surface area contributed by atoms with Gasteiger partial charge in [0.2, 0.25) is 0 Å². The van der Waals surface area contributed by atoms with Crippen LogP contribution in [0.5, 0.6) is 5.75 Å². The molecule has 0 saturated carbocycles. The Kier molecular flexibility index (Phi) is 5.24. The van der Waals surface area contributed by atoms with E-state index in [2.05, 4.69) is 36.2 Å². The number of aromatic nitrogens is 2. The highest BCUT2D eigenvalue weighted by Crippen LogP contribution is 2.24. The maximum Gasteiger partial charge on any atom is 0.287 e. The fourth-order valence-corrected chi connectivity index (χ4v) is 3.36. The molecule has 0 atom stereocenters. The smallest absolute Gasteiger partial charge is 0.287 e. The lowest BCUT2D eigenvalue weighted by molar-refractivity contribution is 0.412. The van der Waals surface area contributed by atoms with Crippen LogP contribution in [0.3, 0.4) is 0 Å². The van der Waals surface area contributed by atoms with E-state index in [1.165, 1.54) is 22.9 Å². The number of hydrogen-bond acceptors (Lipinski definition) is 4. The molecule has 5 heteroatoms. The summed E-state index contributed by atoms with van der Waals surface area (Å²) >= 11 is 1.45. The molecule has 0 bridgehead atoms. The zero-order chi connectivity index (χ0) is 17.8. The first-order chi connectivity index (χ1) is 12.1. The average molecular weight is 352 g/mol. The first-order valence-corrected chi connectivity index (χ1v) is 8.98. The molecule has 128 valence electrons. The molecule has 1 aromatic heterocycles. The van der Waals surface area contributed by atoms with Gasteiger partial charge in [-0.15, -0.1) is 0 Å². The molecule has 0 fully saturated rings. The molecule has 25 heavy (non-hydrogen) atoms. The predicted octanol–water partition coefficient (Wildman–Crippen LogP) is 4.15. The van der Waals surface area contributed by atoms with Crippen molar-refractivity contribution in [2.24, 2.45) is 0 Å². The van der Waals surface area contributed by atoms with Crippen molar-refractivity contribution in [1.29, 1.82) is 0 Å². The van der Waals surface area contributed by atoms with Crippen molar-refractivity contribution in [1.82, 2.24) is 9.55 Å². The number of thioether (sulfide) groups is 1. The van der Waals surface area contributed by atoms with Crippen molar-refractivity contribution < 1.29 is 4.74 Å². The quantitative estimate of drug-likeness (QED) is 0.647. The van der Waals surface area contributed by atoms with Crippen molar-refractivity contribution in [3.63, 3.8) is 0 Å². The molecule has 0 N–H and O–H groups in total. The van der Waals surface area contributed by atoms with E-state index in [-0.39, 0.29) is 5.56 Å². The second-order valence-electron chi connectivity index (χ2n) is 5.86. The molecule has 0 aliphatic carbocycles. The Bertz CT molecular complexity index is 933. The Morgan fingerprint density at radius 3 is 2.52 bits per heavy atom. The summed E-state index contributed by atoms with van der Waals surface area (Å²) in [6.45, 7) is 4.05. The Labute approximate surface area is 151 Å². The molecule has 0 radical (unpaired) electrons. The number of aryl methyl sites for hydroxylation is 2. The zero-order valence-corrected chi connectivity index (χ0v) is 15.3. The molecule has 3 rings (SSSR count). The third-order valence-electron chi connectivity index (χ3n) is 3.90. The molecule has 0 amide bonds. The largest absolute Gasteiger partial charge is 0.495 e. The average Bonchev–Trinajstić information content (AvgIpc) is 2.62. The molecule has 0 spiro atoms. The Balaban J connectivity index is 1.91. The van der Waals surface area contributed by atoms with E-state index in [9.17, 15) is 4.79 Å². The van der Waals surface area contributed by atoms with Crippen LogP contribution < -0.4 is 10.3 Å². The minimum absolute atomic E-state index is 0.136. The highest BCUT2D eigenvalue weighted by Gasteiger charge is 2.11.